The normalized spacial score (nSPS) is 17.9. The van der Waals surface area contributed by atoms with Gasteiger partial charge in [0.2, 0.25) is 0 Å². The molecule has 3 heterocycles. The van der Waals surface area contributed by atoms with E-state index in [2.05, 4.69) is 79.6 Å². The molecule has 0 radical (unpaired) electrons. The number of carbonyl (C=O) groups excluding carboxylic acids is 1. The Bertz CT molecular complexity index is 2110. The van der Waals surface area contributed by atoms with Crippen molar-refractivity contribution >= 4 is 45.1 Å². The van der Waals surface area contributed by atoms with E-state index in [1.54, 1.807) is 7.11 Å². The summed E-state index contributed by atoms with van der Waals surface area (Å²) >= 11 is 6.57. The highest BCUT2D eigenvalue weighted by Gasteiger charge is 2.41. The Morgan fingerprint density at radius 1 is 0.776 bits per heavy atom. The molecule has 8 heteroatoms. The maximum absolute atomic E-state index is 14.2. The summed E-state index contributed by atoms with van der Waals surface area (Å²) in [6.07, 6.45) is 9.00. The topological polar surface area (TPSA) is 51.9 Å². The van der Waals surface area contributed by atoms with E-state index in [1.165, 1.54) is 70.0 Å². The van der Waals surface area contributed by atoms with Crippen molar-refractivity contribution in [3.05, 3.63) is 112 Å². The lowest BCUT2D eigenvalue weighted by Crippen LogP contribution is -2.51. The second-order valence-electron chi connectivity index (χ2n) is 13.5. The molecule has 3 aliphatic rings. The van der Waals surface area contributed by atoms with E-state index in [-0.39, 0.29) is 5.97 Å². The van der Waals surface area contributed by atoms with Crippen molar-refractivity contribution in [1.29, 1.82) is 0 Å². The Hall–Kier alpha value is -4.56. The van der Waals surface area contributed by atoms with Crippen LogP contribution in [-0.2, 0) is 48.6 Å². The van der Waals surface area contributed by atoms with Gasteiger partial charge >= 0.3 is 5.97 Å². The molecule has 0 N–H and O–H groups in total. The third-order valence-corrected chi connectivity index (χ3v) is 11.4. The first-order chi connectivity index (χ1) is 24.0. The molecule has 2 aromatic heterocycles. The highest BCUT2D eigenvalue weighted by atomic mass is 32.1. The minimum absolute atomic E-state index is 0.293. The van der Waals surface area contributed by atoms with Crippen molar-refractivity contribution in [3.8, 4) is 5.75 Å². The smallest absolute Gasteiger partial charge is 0.338 e. The minimum atomic E-state index is -0.440. The number of rotatable bonds is 8. The van der Waals surface area contributed by atoms with Gasteiger partial charge in [-0.3, -0.25) is 0 Å². The molecule has 252 valence electrons. The van der Waals surface area contributed by atoms with Gasteiger partial charge in [-0.15, -0.1) is 0 Å². The third kappa shape index (κ3) is 5.32. The average molecular weight is 673 g/mol. The van der Waals surface area contributed by atoms with Gasteiger partial charge in [0.05, 0.1) is 43.0 Å². The number of fused-ring (bicyclic) bond motifs is 6. The molecule has 1 aliphatic heterocycles. The number of aryl methyl sites for hydroxylation is 2. The fourth-order valence-corrected chi connectivity index (χ4v) is 8.97. The quantitative estimate of drug-likeness (QED) is 0.122. The van der Waals surface area contributed by atoms with Crippen molar-refractivity contribution in [2.45, 2.75) is 84.6 Å². The first-order valence-electron chi connectivity index (χ1n) is 17.8. The molecule has 0 spiro atoms. The third-order valence-electron chi connectivity index (χ3n) is 10.9. The van der Waals surface area contributed by atoms with Crippen molar-refractivity contribution in [2.24, 2.45) is 0 Å². The lowest BCUT2D eigenvalue weighted by atomic mass is 9.93. The van der Waals surface area contributed by atoms with Crippen LogP contribution in [0.2, 0.25) is 0 Å². The number of ether oxygens (including phenoxy) is 2. The van der Waals surface area contributed by atoms with Gasteiger partial charge in [0.1, 0.15) is 12.4 Å². The van der Waals surface area contributed by atoms with Crippen LogP contribution in [0.1, 0.15) is 73.7 Å². The van der Waals surface area contributed by atoms with Gasteiger partial charge in [0.25, 0.3) is 0 Å². The molecular weight excluding hydrogens is 629 g/mol. The lowest BCUT2D eigenvalue weighted by Gasteiger charge is -2.46. The van der Waals surface area contributed by atoms with E-state index in [0.717, 1.165) is 42.7 Å². The first-order valence-corrected chi connectivity index (χ1v) is 18.2. The predicted octanol–water partition coefficient (Wildman–Crippen LogP) is 8.46. The molecule has 49 heavy (non-hydrogen) atoms. The predicted molar refractivity (Wildman–Crippen MR) is 199 cm³/mol. The second-order valence-corrected chi connectivity index (χ2v) is 13.9. The largest absolute Gasteiger partial charge is 0.497 e. The molecule has 8 rings (SSSR count). The van der Waals surface area contributed by atoms with Crippen molar-refractivity contribution in [1.82, 2.24) is 18.9 Å². The Morgan fingerprint density at radius 2 is 1.33 bits per heavy atom. The zero-order chi connectivity index (χ0) is 33.6. The molecule has 0 bridgehead atoms. The molecular formula is C41H44N4O3S. The number of allylic oxidation sites excluding steroid dienone is 1. The van der Waals surface area contributed by atoms with Crippen molar-refractivity contribution in [2.75, 3.05) is 13.7 Å². The Labute approximate surface area is 293 Å². The number of benzene rings is 3. The van der Waals surface area contributed by atoms with Gasteiger partial charge in [-0.05, 0) is 118 Å². The summed E-state index contributed by atoms with van der Waals surface area (Å²) in [5.74, 6) is 0.459. The zero-order valence-corrected chi connectivity index (χ0v) is 29.5. The Kier molecular flexibility index (Phi) is 8.44. The number of aromatic nitrogens is 2. The molecule has 1 atom stereocenters. The van der Waals surface area contributed by atoms with E-state index in [0.29, 0.717) is 30.6 Å². The van der Waals surface area contributed by atoms with E-state index in [1.807, 2.05) is 26.0 Å². The van der Waals surface area contributed by atoms with Gasteiger partial charge in [-0.25, -0.2) is 4.79 Å². The maximum Gasteiger partial charge on any atom is 0.338 e. The molecule has 0 saturated carbocycles. The van der Waals surface area contributed by atoms with Crippen LogP contribution in [0.25, 0.3) is 21.8 Å². The van der Waals surface area contributed by atoms with Crippen LogP contribution in [0.5, 0.6) is 5.75 Å². The minimum Gasteiger partial charge on any atom is -0.497 e. The SMILES string of the molecule is CCOC(=O)C1=C(C)N(Cn2c3c(c4ccccc42)CCCC3)C(=S)N(Cn2c3c(c4ccccc42)CCCC3)C1c1ccc(OC)cc1. The van der Waals surface area contributed by atoms with Gasteiger partial charge in [-0.2, -0.15) is 0 Å². The van der Waals surface area contributed by atoms with Crippen LogP contribution in [0, 0.1) is 0 Å². The zero-order valence-electron chi connectivity index (χ0n) is 28.7. The average Bonchev–Trinajstić information content (AvgIpc) is 3.63. The number of nitrogens with zero attached hydrogens (tertiary/aromatic N) is 4. The second kappa shape index (κ2) is 13.0. The molecule has 2 aliphatic carbocycles. The van der Waals surface area contributed by atoms with Crippen LogP contribution in [0.3, 0.4) is 0 Å². The van der Waals surface area contributed by atoms with Crippen molar-refractivity contribution in [3.63, 3.8) is 0 Å². The number of hydrogen-bond acceptors (Lipinski definition) is 4. The summed E-state index contributed by atoms with van der Waals surface area (Å²) in [6, 6.07) is 25.1. The lowest BCUT2D eigenvalue weighted by molar-refractivity contribution is -0.139. The Balaban J connectivity index is 1.32. The van der Waals surface area contributed by atoms with E-state index in [4.69, 9.17) is 21.7 Å². The van der Waals surface area contributed by atoms with Crippen molar-refractivity contribution < 1.29 is 14.3 Å². The molecule has 0 fully saturated rings. The van der Waals surface area contributed by atoms with Gasteiger partial charge in [-0.1, -0.05) is 48.5 Å². The molecule has 1 unspecified atom stereocenters. The van der Waals surface area contributed by atoms with Gasteiger partial charge < -0.3 is 28.4 Å². The fourth-order valence-electron chi connectivity index (χ4n) is 8.61. The molecule has 5 aromatic rings. The van der Waals surface area contributed by atoms with E-state index in [9.17, 15) is 4.79 Å². The number of methoxy groups -OCH3 is 1. The number of para-hydroxylation sites is 2. The molecule has 7 nitrogen and oxygen atoms in total. The monoisotopic (exact) mass is 672 g/mol. The standard InChI is InChI=1S/C41H44N4O3S/c1-4-48-40(46)38-27(2)42(25-43-34-17-9-5-13-30(34)31-14-6-10-18-35(31)43)41(49)45(39(38)28-21-23-29(47-3)24-22-28)26-44-36-19-11-7-15-32(36)33-16-8-12-20-37(33)44/h5,7,9,11,13,15,17,19,21-24,39H,4,6,8,10,12,14,16,18,20,25-26H2,1-3H3. The van der Waals surface area contributed by atoms with E-state index < -0.39 is 6.04 Å². The van der Waals surface area contributed by atoms with Crippen LogP contribution in [0.15, 0.2) is 84.1 Å². The molecule has 3 aromatic carbocycles. The summed E-state index contributed by atoms with van der Waals surface area (Å²) < 4.78 is 16.3. The Morgan fingerprint density at radius 3 is 1.90 bits per heavy atom. The highest BCUT2D eigenvalue weighted by Crippen LogP contribution is 2.42. The number of esters is 1. The van der Waals surface area contributed by atoms with Crippen LogP contribution >= 0.6 is 12.2 Å². The summed E-state index contributed by atoms with van der Waals surface area (Å²) in [5.41, 5.74) is 10.5. The number of hydrogen-bond donors (Lipinski definition) is 0. The fraction of sp³-hybridized carbons (Fsp3) is 0.366. The number of carbonyl (C=O) groups is 1. The van der Waals surface area contributed by atoms with Gasteiger partial charge in [0.15, 0.2) is 5.11 Å². The van der Waals surface area contributed by atoms with Gasteiger partial charge in [0, 0.05) is 27.9 Å². The molecule has 0 amide bonds. The first kappa shape index (κ1) is 31.7. The van der Waals surface area contributed by atoms with Crippen LogP contribution in [-0.4, -0.2) is 43.7 Å². The summed E-state index contributed by atoms with van der Waals surface area (Å²) in [7, 11) is 1.67. The van der Waals surface area contributed by atoms with E-state index >= 15 is 0 Å². The number of thiocarbonyl (C=S) groups is 1. The maximum atomic E-state index is 14.2. The molecule has 0 saturated heterocycles. The highest BCUT2D eigenvalue weighted by molar-refractivity contribution is 7.80. The van der Waals surface area contributed by atoms with Crippen LogP contribution < -0.4 is 4.74 Å². The summed E-state index contributed by atoms with van der Waals surface area (Å²) in [6.45, 7) is 5.25. The van der Waals surface area contributed by atoms with Crippen LogP contribution in [0.4, 0.5) is 0 Å². The summed E-state index contributed by atoms with van der Waals surface area (Å²) in [5, 5.41) is 3.35. The summed E-state index contributed by atoms with van der Waals surface area (Å²) in [4.78, 5) is 18.6.